The molecule has 2 amide bonds. The lowest BCUT2D eigenvalue weighted by Crippen LogP contribution is -2.41. The van der Waals surface area contributed by atoms with Gasteiger partial charge in [0.15, 0.2) is 23.1 Å². The van der Waals surface area contributed by atoms with Crippen LogP contribution in [0.3, 0.4) is 0 Å². The molecule has 0 saturated heterocycles. The van der Waals surface area contributed by atoms with Crippen LogP contribution in [0.15, 0.2) is 66.9 Å². The molecule has 194 valence electrons. The van der Waals surface area contributed by atoms with Crippen LogP contribution in [0.5, 0.6) is 28.7 Å². The summed E-state index contributed by atoms with van der Waals surface area (Å²) in [6.07, 6.45) is 2.24. The zero-order valence-electron chi connectivity index (χ0n) is 20.6. The number of carbonyl (C=O) groups is 2. The Morgan fingerprint density at radius 1 is 0.947 bits per heavy atom. The van der Waals surface area contributed by atoms with Crippen molar-refractivity contribution in [2.75, 3.05) is 19.1 Å². The van der Waals surface area contributed by atoms with Gasteiger partial charge in [0.25, 0.3) is 0 Å². The number of aromatic hydroxyl groups is 1. The Balaban J connectivity index is 1.50. The summed E-state index contributed by atoms with van der Waals surface area (Å²) in [6.45, 7) is 0. The van der Waals surface area contributed by atoms with E-state index in [4.69, 9.17) is 19.9 Å². The van der Waals surface area contributed by atoms with Gasteiger partial charge in [-0.2, -0.15) is 0 Å². The van der Waals surface area contributed by atoms with Crippen molar-refractivity contribution >= 4 is 34.1 Å². The Morgan fingerprint density at radius 2 is 1.61 bits per heavy atom. The third-order valence-corrected chi connectivity index (χ3v) is 6.55. The normalized spacial score (nSPS) is 13.6. The van der Waals surface area contributed by atoms with Crippen molar-refractivity contribution in [1.29, 1.82) is 0 Å². The van der Waals surface area contributed by atoms with Gasteiger partial charge in [-0.15, -0.1) is 0 Å². The molecule has 1 aliphatic carbocycles. The van der Waals surface area contributed by atoms with Crippen LogP contribution in [0, 0.1) is 11.2 Å². The first-order valence-corrected chi connectivity index (χ1v) is 11.7. The Kier molecular flexibility index (Phi) is 6.23. The van der Waals surface area contributed by atoms with E-state index in [2.05, 4.69) is 4.98 Å². The molecule has 0 unspecified atom stereocenters. The minimum atomic E-state index is -1.34. The molecule has 9 nitrogen and oxygen atoms in total. The van der Waals surface area contributed by atoms with E-state index in [-0.39, 0.29) is 5.69 Å². The molecule has 0 atom stereocenters. The van der Waals surface area contributed by atoms with Crippen molar-refractivity contribution < 1.29 is 33.3 Å². The summed E-state index contributed by atoms with van der Waals surface area (Å²) >= 11 is 0. The predicted octanol–water partition coefficient (Wildman–Crippen LogP) is 4.82. The van der Waals surface area contributed by atoms with Crippen LogP contribution in [-0.2, 0) is 9.59 Å². The van der Waals surface area contributed by atoms with Gasteiger partial charge >= 0.3 is 0 Å². The zero-order chi connectivity index (χ0) is 27.0. The largest absolute Gasteiger partial charge is 0.505 e. The fourth-order valence-corrected chi connectivity index (χ4v) is 4.26. The lowest BCUT2D eigenvalue weighted by atomic mass is 10.0. The van der Waals surface area contributed by atoms with Gasteiger partial charge in [-0.25, -0.2) is 4.39 Å². The van der Waals surface area contributed by atoms with Crippen molar-refractivity contribution in [3.05, 3.63) is 72.7 Å². The SMILES string of the molecule is COc1cc2nccc(Oc3ccc(N(C(=O)C4(C(N)=O)CC4)c4ccc(F)c(O)c4)cc3)c2cc1OC. The van der Waals surface area contributed by atoms with Crippen LogP contribution in [-0.4, -0.2) is 36.1 Å². The van der Waals surface area contributed by atoms with E-state index >= 15 is 0 Å². The summed E-state index contributed by atoms with van der Waals surface area (Å²) in [7, 11) is 3.08. The highest BCUT2D eigenvalue weighted by Crippen LogP contribution is 2.49. The molecule has 3 aromatic carbocycles. The van der Waals surface area contributed by atoms with Crippen LogP contribution >= 0.6 is 0 Å². The molecule has 3 N–H and O–H groups in total. The van der Waals surface area contributed by atoms with Crippen LogP contribution in [0.1, 0.15) is 12.8 Å². The number of phenols is 1. The molecule has 0 spiro atoms. The number of pyridine rings is 1. The van der Waals surface area contributed by atoms with E-state index in [0.717, 1.165) is 12.1 Å². The molecular weight excluding hydrogens is 493 g/mol. The van der Waals surface area contributed by atoms with Gasteiger partial charge in [0, 0.05) is 29.4 Å². The molecule has 0 aliphatic heterocycles. The number of fused-ring (bicyclic) bond motifs is 1. The second-order valence-electron chi connectivity index (χ2n) is 8.85. The van der Waals surface area contributed by atoms with Gasteiger partial charge in [0.05, 0.1) is 25.4 Å². The van der Waals surface area contributed by atoms with E-state index in [9.17, 15) is 19.1 Å². The maximum atomic E-state index is 13.7. The molecule has 4 aromatic rings. The number of halogens is 1. The quantitative estimate of drug-likeness (QED) is 0.321. The first kappa shape index (κ1) is 24.8. The number of methoxy groups -OCH3 is 2. The number of hydrogen-bond acceptors (Lipinski definition) is 7. The van der Waals surface area contributed by atoms with Crippen LogP contribution in [0.25, 0.3) is 10.9 Å². The monoisotopic (exact) mass is 517 g/mol. The van der Waals surface area contributed by atoms with Crippen molar-refractivity contribution in [3.8, 4) is 28.7 Å². The van der Waals surface area contributed by atoms with Crippen LogP contribution in [0.2, 0.25) is 0 Å². The fraction of sp³-hybridized carbons (Fsp3) is 0.179. The highest BCUT2D eigenvalue weighted by molar-refractivity contribution is 6.16. The van der Waals surface area contributed by atoms with Gasteiger partial charge < -0.3 is 25.1 Å². The molecule has 1 aliphatic rings. The lowest BCUT2D eigenvalue weighted by Gasteiger charge is -2.26. The first-order chi connectivity index (χ1) is 18.3. The molecule has 1 fully saturated rings. The number of rotatable bonds is 8. The summed E-state index contributed by atoms with van der Waals surface area (Å²) in [4.78, 5) is 31.2. The minimum absolute atomic E-state index is 0.191. The standard InChI is InChI=1S/C28H24FN3O6/c1-36-24-14-19-21(15-25(24)37-2)31-12-9-23(19)38-18-6-3-16(4-7-18)32(17-5-8-20(29)22(33)13-17)27(35)28(10-11-28)26(30)34/h3-9,12-15,33H,10-11H2,1-2H3,(H2,30,34). The number of anilines is 2. The number of nitrogens with two attached hydrogens (primary N) is 1. The second-order valence-corrected chi connectivity index (χ2v) is 8.85. The van der Waals surface area contributed by atoms with E-state index in [1.165, 1.54) is 18.1 Å². The van der Waals surface area contributed by atoms with E-state index in [1.807, 2.05) is 0 Å². The lowest BCUT2D eigenvalue weighted by molar-refractivity contribution is -0.133. The highest BCUT2D eigenvalue weighted by Gasteiger charge is 2.57. The number of primary amides is 1. The molecule has 1 heterocycles. The van der Waals surface area contributed by atoms with Crippen molar-refractivity contribution in [2.24, 2.45) is 11.1 Å². The Morgan fingerprint density at radius 3 is 2.21 bits per heavy atom. The Labute approximate surface area is 217 Å². The molecule has 0 radical (unpaired) electrons. The van der Waals surface area contributed by atoms with Gasteiger partial charge in [-0.05, 0) is 61.4 Å². The van der Waals surface area contributed by atoms with Crippen molar-refractivity contribution in [3.63, 3.8) is 0 Å². The predicted molar refractivity (Wildman–Crippen MR) is 137 cm³/mol. The number of aromatic nitrogens is 1. The number of phenolic OH excluding ortho intramolecular Hbond substituents is 1. The van der Waals surface area contributed by atoms with E-state index in [0.29, 0.717) is 52.4 Å². The van der Waals surface area contributed by atoms with Gasteiger partial charge in [0.2, 0.25) is 11.8 Å². The first-order valence-electron chi connectivity index (χ1n) is 11.7. The summed E-state index contributed by atoms with van der Waals surface area (Å²) < 4.78 is 30.6. The van der Waals surface area contributed by atoms with Crippen LogP contribution in [0.4, 0.5) is 15.8 Å². The van der Waals surface area contributed by atoms with Crippen LogP contribution < -0.4 is 24.8 Å². The summed E-state index contributed by atoms with van der Waals surface area (Å²) in [5, 5.41) is 10.6. The third kappa shape index (κ3) is 4.30. The molecule has 0 bridgehead atoms. The maximum absolute atomic E-state index is 13.7. The van der Waals surface area contributed by atoms with Crippen molar-refractivity contribution in [1.82, 2.24) is 4.98 Å². The van der Waals surface area contributed by atoms with Gasteiger partial charge in [-0.3, -0.25) is 19.5 Å². The average molecular weight is 518 g/mol. The van der Waals surface area contributed by atoms with E-state index < -0.39 is 28.8 Å². The summed E-state index contributed by atoms with van der Waals surface area (Å²) in [5.74, 6) is -0.697. The second kappa shape index (κ2) is 9.55. The molecular formula is C28H24FN3O6. The maximum Gasteiger partial charge on any atom is 0.247 e. The summed E-state index contributed by atoms with van der Waals surface area (Å²) in [6, 6.07) is 15.3. The number of ether oxygens (including phenoxy) is 3. The Bertz CT molecular complexity index is 1550. The Hall–Kier alpha value is -4.86. The van der Waals surface area contributed by atoms with E-state index in [1.54, 1.807) is 55.8 Å². The minimum Gasteiger partial charge on any atom is -0.505 e. The summed E-state index contributed by atoms with van der Waals surface area (Å²) in [5.41, 5.74) is 5.42. The molecule has 10 heteroatoms. The molecule has 38 heavy (non-hydrogen) atoms. The van der Waals surface area contributed by atoms with Crippen molar-refractivity contribution in [2.45, 2.75) is 12.8 Å². The number of hydrogen-bond donors (Lipinski definition) is 2. The fourth-order valence-electron chi connectivity index (χ4n) is 4.26. The molecule has 1 aromatic heterocycles. The number of benzene rings is 3. The number of amides is 2. The molecule has 1 saturated carbocycles. The highest BCUT2D eigenvalue weighted by atomic mass is 19.1. The van der Waals surface area contributed by atoms with Gasteiger partial charge in [0.1, 0.15) is 16.9 Å². The molecule has 5 rings (SSSR count). The third-order valence-electron chi connectivity index (χ3n) is 6.55. The number of nitrogens with zero attached hydrogens (tertiary/aromatic N) is 2. The smallest absolute Gasteiger partial charge is 0.247 e. The number of carbonyl (C=O) groups excluding carboxylic acids is 2. The zero-order valence-corrected chi connectivity index (χ0v) is 20.6. The average Bonchev–Trinajstić information content (AvgIpc) is 3.74. The topological polar surface area (TPSA) is 124 Å². The van der Waals surface area contributed by atoms with Gasteiger partial charge in [-0.1, -0.05) is 0 Å².